The minimum Gasteiger partial charge on any atom is -0.454 e. The van der Waals surface area contributed by atoms with Crippen LogP contribution >= 0.6 is 0 Å². The van der Waals surface area contributed by atoms with Crippen molar-refractivity contribution < 1.29 is 19.1 Å². The van der Waals surface area contributed by atoms with Crippen molar-refractivity contribution in [2.24, 2.45) is 0 Å². The van der Waals surface area contributed by atoms with Gasteiger partial charge in [0.2, 0.25) is 12.7 Å². The van der Waals surface area contributed by atoms with Gasteiger partial charge in [-0.15, -0.1) is 0 Å². The molecule has 2 aliphatic rings. The van der Waals surface area contributed by atoms with Crippen molar-refractivity contribution in [3.05, 3.63) is 59.7 Å². The first-order valence-corrected chi connectivity index (χ1v) is 11.1. The summed E-state index contributed by atoms with van der Waals surface area (Å²) in [6.07, 6.45) is 0.889. The van der Waals surface area contributed by atoms with Crippen molar-refractivity contribution >= 4 is 11.8 Å². The Morgan fingerprint density at radius 3 is 2.44 bits per heavy atom. The largest absolute Gasteiger partial charge is 0.454 e. The van der Waals surface area contributed by atoms with Gasteiger partial charge < -0.3 is 25.0 Å². The minimum atomic E-state index is -0.313. The van der Waals surface area contributed by atoms with E-state index in [2.05, 4.69) is 44.7 Å². The molecule has 2 N–H and O–H groups in total. The average Bonchev–Trinajstić information content (AvgIpc) is 3.30. The molecule has 8 heteroatoms. The van der Waals surface area contributed by atoms with E-state index in [-0.39, 0.29) is 25.2 Å². The molecule has 0 atom stereocenters. The van der Waals surface area contributed by atoms with Crippen molar-refractivity contribution in [1.29, 1.82) is 0 Å². The van der Waals surface area contributed by atoms with Crippen LogP contribution in [0.4, 0.5) is 0 Å². The molecule has 2 aliphatic heterocycles. The van der Waals surface area contributed by atoms with E-state index in [9.17, 15) is 9.59 Å². The predicted molar refractivity (Wildman–Crippen MR) is 121 cm³/mol. The highest BCUT2D eigenvalue weighted by molar-refractivity contribution is 5.97. The fourth-order valence-electron chi connectivity index (χ4n) is 3.91. The highest BCUT2D eigenvalue weighted by Gasteiger charge is 2.18. The van der Waals surface area contributed by atoms with Crippen LogP contribution in [0.1, 0.15) is 22.3 Å². The Morgan fingerprint density at radius 1 is 0.875 bits per heavy atom. The van der Waals surface area contributed by atoms with Gasteiger partial charge >= 0.3 is 0 Å². The van der Waals surface area contributed by atoms with Crippen molar-refractivity contribution in [2.75, 3.05) is 52.6 Å². The molecule has 0 spiro atoms. The monoisotopic (exact) mass is 438 g/mol. The summed E-state index contributed by atoms with van der Waals surface area (Å²) in [6.45, 7) is 6.89. The van der Waals surface area contributed by atoms with Gasteiger partial charge in [-0.25, -0.2) is 0 Å². The van der Waals surface area contributed by atoms with E-state index in [0.717, 1.165) is 45.7 Å². The molecule has 32 heavy (non-hydrogen) atoms. The lowest BCUT2D eigenvalue weighted by molar-refractivity contribution is -0.120. The Labute approximate surface area is 188 Å². The van der Waals surface area contributed by atoms with Crippen LogP contribution in [0.5, 0.6) is 11.5 Å². The molecular weight excluding hydrogens is 408 g/mol. The molecule has 0 aromatic heterocycles. The summed E-state index contributed by atoms with van der Waals surface area (Å²) in [4.78, 5) is 29.2. The zero-order valence-electron chi connectivity index (χ0n) is 18.2. The van der Waals surface area contributed by atoms with Gasteiger partial charge in [-0.05, 0) is 36.7 Å². The fourth-order valence-corrected chi connectivity index (χ4v) is 3.91. The number of fused-ring (bicyclic) bond motifs is 1. The number of nitrogens with zero attached hydrogens (tertiary/aromatic N) is 2. The Bertz CT molecular complexity index is 913. The summed E-state index contributed by atoms with van der Waals surface area (Å²) >= 11 is 0. The molecule has 4 rings (SSSR count). The molecular formula is C24H30N4O4. The van der Waals surface area contributed by atoms with Crippen LogP contribution < -0.4 is 20.1 Å². The Morgan fingerprint density at radius 2 is 1.62 bits per heavy atom. The van der Waals surface area contributed by atoms with Crippen LogP contribution in [0.25, 0.3) is 0 Å². The van der Waals surface area contributed by atoms with Gasteiger partial charge in [-0.2, -0.15) is 0 Å². The fraction of sp³-hybridized carbons (Fsp3) is 0.417. The number of hydrogen-bond acceptors (Lipinski definition) is 6. The highest BCUT2D eigenvalue weighted by atomic mass is 16.7. The molecule has 2 amide bonds. The molecule has 0 unspecified atom stereocenters. The van der Waals surface area contributed by atoms with Crippen LogP contribution in [0.15, 0.2) is 48.5 Å². The summed E-state index contributed by atoms with van der Waals surface area (Å²) in [5, 5.41) is 5.52. The van der Waals surface area contributed by atoms with Crippen molar-refractivity contribution in [2.45, 2.75) is 13.0 Å². The third-order valence-corrected chi connectivity index (χ3v) is 5.73. The van der Waals surface area contributed by atoms with Crippen LogP contribution in [0.2, 0.25) is 0 Å². The van der Waals surface area contributed by atoms with Gasteiger partial charge in [0, 0.05) is 44.8 Å². The molecule has 0 aliphatic carbocycles. The number of nitrogens with one attached hydrogen (secondary N) is 2. The van der Waals surface area contributed by atoms with E-state index < -0.39 is 0 Å². The van der Waals surface area contributed by atoms with Gasteiger partial charge in [0.1, 0.15) is 0 Å². The molecule has 0 bridgehead atoms. The van der Waals surface area contributed by atoms with Crippen molar-refractivity contribution in [3.63, 3.8) is 0 Å². The first-order valence-electron chi connectivity index (χ1n) is 11.1. The molecule has 0 radical (unpaired) electrons. The van der Waals surface area contributed by atoms with E-state index in [1.54, 1.807) is 18.2 Å². The van der Waals surface area contributed by atoms with Crippen LogP contribution in [-0.2, 0) is 11.3 Å². The molecule has 1 fully saturated rings. The van der Waals surface area contributed by atoms with Crippen LogP contribution in [0, 0.1) is 0 Å². The van der Waals surface area contributed by atoms with E-state index in [1.165, 1.54) is 5.56 Å². The zero-order valence-corrected chi connectivity index (χ0v) is 18.2. The standard InChI is InChI=1S/C24H30N4O4/c29-23(16-26-24(30)20-7-8-21-22(15-20)32-18-31-21)25-9-4-10-27-11-13-28(14-12-27)17-19-5-2-1-3-6-19/h1-3,5-8,15H,4,9-14,16-18H2,(H,25,29)(H,26,30). The number of carbonyl (C=O) groups excluding carboxylic acids is 2. The topological polar surface area (TPSA) is 83.1 Å². The van der Waals surface area contributed by atoms with Gasteiger partial charge in [-0.1, -0.05) is 30.3 Å². The molecule has 2 heterocycles. The number of hydrogen-bond donors (Lipinski definition) is 2. The number of piperazine rings is 1. The molecule has 8 nitrogen and oxygen atoms in total. The predicted octanol–water partition coefficient (Wildman–Crippen LogP) is 1.47. The summed E-state index contributed by atoms with van der Waals surface area (Å²) in [5.41, 5.74) is 1.79. The number of carbonyl (C=O) groups is 2. The summed E-state index contributed by atoms with van der Waals surface area (Å²) in [6, 6.07) is 15.5. The minimum absolute atomic E-state index is 0.0502. The lowest BCUT2D eigenvalue weighted by Crippen LogP contribution is -2.46. The zero-order chi connectivity index (χ0) is 22.2. The van der Waals surface area contributed by atoms with E-state index in [1.807, 2.05) is 6.07 Å². The quantitative estimate of drug-likeness (QED) is 0.577. The second-order valence-corrected chi connectivity index (χ2v) is 8.06. The van der Waals surface area contributed by atoms with E-state index in [0.29, 0.717) is 23.6 Å². The second kappa shape index (κ2) is 11.0. The first kappa shape index (κ1) is 22.1. The highest BCUT2D eigenvalue weighted by Crippen LogP contribution is 2.32. The Hall–Kier alpha value is -3.10. The third-order valence-electron chi connectivity index (χ3n) is 5.73. The lowest BCUT2D eigenvalue weighted by Gasteiger charge is -2.34. The van der Waals surface area contributed by atoms with Gasteiger partial charge in [0.15, 0.2) is 11.5 Å². The van der Waals surface area contributed by atoms with Crippen LogP contribution in [-0.4, -0.2) is 74.2 Å². The first-order chi connectivity index (χ1) is 15.7. The number of benzene rings is 2. The average molecular weight is 439 g/mol. The summed E-state index contributed by atoms with van der Waals surface area (Å²) in [7, 11) is 0. The number of rotatable bonds is 9. The van der Waals surface area contributed by atoms with E-state index >= 15 is 0 Å². The summed E-state index contributed by atoms with van der Waals surface area (Å²) < 4.78 is 10.5. The Kier molecular flexibility index (Phi) is 7.58. The smallest absolute Gasteiger partial charge is 0.251 e. The van der Waals surface area contributed by atoms with Crippen molar-refractivity contribution in [3.8, 4) is 11.5 Å². The van der Waals surface area contributed by atoms with Crippen LogP contribution in [0.3, 0.4) is 0 Å². The number of ether oxygens (including phenoxy) is 2. The summed E-state index contributed by atoms with van der Waals surface area (Å²) in [5.74, 6) is 0.665. The lowest BCUT2D eigenvalue weighted by atomic mass is 10.2. The molecule has 0 saturated carbocycles. The van der Waals surface area contributed by atoms with Gasteiger partial charge in [0.25, 0.3) is 5.91 Å². The maximum absolute atomic E-state index is 12.2. The maximum Gasteiger partial charge on any atom is 0.251 e. The van der Waals surface area contributed by atoms with E-state index in [4.69, 9.17) is 9.47 Å². The van der Waals surface area contributed by atoms with Crippen molar-refractivity contribution in [1.82, 2.24) is 20.4 Å². The number of amides is 2. The molecule has 2 aromatic carbocycles. The molecule has 170 valence electrons. The third kappa shape index (κ3) is 6.21. The molecule has 2 aromatic rings. The second-order valence-electron chi connectivity index (χ2n) is 8.06. The molecule has 1 saturated heterocycles. The normalized spacial score (nSPS) is 16.0. The van der Waals surface area contributed by atoms with Gasteiger partial charge in [0.05, 0.1) is 6.54 Å². The SMILES string of the molecule is O=C(CNC(=O)c1ccc2c(c1)OCO2)NCCCN1CCN(Cc2ccccc2)CC1. The Balaban J connectivity index is 1.07. The maximum atomic E-state index is 12.2. The van der Waals surface area contributed by atoms with Gasteiger partial charge in [-0.3, -0.25) is 14.5 Å².